The van der Waals surface area contributed by atoms with Crippen molar-refractivity contribution in [2.45, 2.75) is 19.3 Å². The fourth-order valence-corrected chi connectivity index (χ4v) is 2.08. The normalized spacial score (nSPS) is 15.9. The standard InChI is InChI=1S/C14H21N3O2/c1-17(2)12-4-3-11(9-15-12)13(19)16-10-14(5-6-14)7-8-18/h3-4,9,18H,5-8,10H2,1-2H3,(H,16,19). The zero-order valence-electron chi connectivity index (χ0n) is 11.5. The lowest BCUT2D eigenvalue weighted by atomic mass is 10.0. The molecule has 1 aromatic rings. The number of rotatable bonds is 6. The Bertz CT molecular complexity index is 439. The molecule has 19 heavy (non-hydrogen) atoms. The summed E-state index contributed by atoms with van der Waals surface area (Å²) in [5.41, 5.74) is 0.715. The smallest absolute Gasteiger partial charge is 0.252 e. The van der Waals surface area contributed by atoms with Crippen LogP contribution in [0, 0.1) is 5.41 Å². The Morgan fingerprint density at radius 3 is 2.68 bits per heavy atom. The van der Waals surface area contributed by atoms with Crippen LogP contribution in [0.5, 0.6) is 0 Å². The zero-order chi connectivity index (χ0) is 13.9. The first-order chi connectivity index (χ1) is 9.06. The third kappa shape index (κ3) is 3.44. The predicted molar refractivity (Wildman–Crippen MR) is 74.3 cm³/mol. The molecule has 0 aromatic carbocycles. The van der Waals surface area contributed by atoms with Crippen molar-refractivity contribution in [1.82, 2.24) is 10.3 Å². The average Bonchev–Trinajstić information content (AvgIpc) is 3.17. The molecule has 5 nitrogen and oxygen atoms in total. The van der Waals surface area contributed by atoms with Crippen molar-refractivity contribution in [3.8, 4) is 0 Å². The molecule has 1 aliphatic carbocycles. The van der Waals surface area contributed by atoms with Crippen LogP contribution in [0.15, 0.2) is 18.3 Å². The average molecular weight is 263 g/mol. The summed E-state index contributed by atoms with van der Waals surface area (Å²) >= 11 is 0. The van der Waals surface area contributed by atoms with Crippen LogP contribution in [0.25, 0.3) is 0 Å². The highest BCUT2D eigenvalue weighted by Gasteiger charge is 2.41. The van der Waals surface area contributed by atoms with Gasteiger partial charge < -0.3 is 15.3 Å². The van der Waals surface area contributed by atoms with E-state index in [9.17, 15) is 4.79 Å². The Labute approximate surface area is 113 Å². The highest BCUT2D eigenvalue weighted by molar-refractivity contribution is 5.94. The van der Waals surface area contributed by atoms with Crippen LogP contribution in [0.3, 0.4) is 0 Å². The summed E-state index contributed by atoms with van der Waals surface area (Å²) in [6, 6.07) is 3.61. The Morgan fingerprint density at radius 2 is 2.21 bits per heavy atom. The second-order valence-corrected chi connectivity index (χ2v) is 5.46. The molecule has 0 radical (unpaired) electrons. The van der Waals surface area contributed by atoms with Gasteiger partial charge in [-0.25, -0.2) is 4.98 Å². The highest BCUT2D eigenvalue weighted by Crippen LogP contribution is 2.47. The first-order valence-electron chi connectivity index (χ1n) is 6.59. The van der Waals surface area contributed by atoms with Gasteiger partial charge in [0.15, 0.2) is 0 Å². The quantitative estimate of drug-likeness (QED) is 0.805. The van der Waals surface area contributed by atoms with E-state index >= 15 is 0 Å². The van der Waals surface area contributed by atoms with Gasteiger partial charge in [0.05, 0.1) is 5.56 Å². The molecule has 2 N–H and O–H groups in total. The number of pyridine rings is 1. The van der Waals surface area contributed by atoms with Crippen LogP contribution in [-0.4, -0.2) is 43.2 Å². The minimum absolute atomic E-state index is 0.0954. The van der Waals surface area contributed by atoms with Crippen LogP contribution in [0.4, 0.5) is 5.82 Å². The maximum atomic E-state index is 12.0. The molecule has 1 heterocycles. The number of nitrogens with one attached hydrogen (secondary N) is 1. The van der Waals surface area contributed by atoms with E-state index in [4.69, 9.17) is 5.11 Å². The number of amides is 1. The third-order valence-corrected chi connectivity index (χ3v) is 3.69. The highest BCUT2D eigenvalue weighted by atomic mass is 16.3. The number of nitrogens with zero attached hydrogens (tertiary/aromatic N) is 2. The SMILES string of the molecule is CN(C)c1ccc(C(=O)NCC2(CCO)CC2)cn1. The Balaban J connectivity index is 1.89. The predicted octanol–water partition coefficient (Wildman–Crippen LogP) is 1.04. The maximum absolute atomic E-state index is 12.0. The number of anilines is 1. The van der Waals surface area contributed by atoms with Gasteiger partial charge in [0, 0.05) is 33.4 Å². The van der Waals surface area contributed by atoms with Crippen molar-refractivity contribution in [3.63, 3.8) is 0 Å². The van der Waals surface area contributed by atoms with Gasteiger partial charge >= 0.3 is 0 Å². The van der Waals surface area contributed by atoms with Crippen LogP contribution >= 0.6 is 0 Å². The van der Waals surface area contributed by atoms with E-state index in [0.29, 0.717) is 12.1 Å². The van der Waals surface area contributed by atoms with Gasteiger partial charge in [0.2, 0.25) is 0 Å². The molecule has 0 atom stereocenters. The lowest BCUT2D eigenvalue weighted by Crippen LogP contribution is -2.30. The molecule has 0 unspecified atom stereocenters. The molecular weight excluding hydrogens is 242 g/mol. The largest absolute Gasteiger partial charge is 0.396 e. The lowest BCUT2D eigenvalue weighted by Gasteiger charge is -2.15. The first kappa shape index (κ1) is 13.8. The molecule has 104 valence electrons. The summed E-state index contributed by atoms with van der Waals surface area (Å²) < 4.78 is 0. The van der Waals surface area contributed by atoms with Crippen LogP contribution in [0.2, 0.25) is 0 Å². The molecular formula is C14H21N3O2. The van der Waals surface area contributed by atoms with E-state index < -0.39 is 0 Å². The third-order valence-electron chi connectivity index (χ3n) is 3.69. The number of aliphatic hydroxyl groups excluding tert-OH is 1. The molecule has 0 spiro atoms. The van der Waals surface area contributed by atoms with E-state index in [-0.39, 0.29) is 17.9 Å². The molecule has 0 aliphatic heterocycles. The number of aromatic nitrogens is 1. The van der Waals surface area contributed by atoms with Crippen LogP contribution in [0.1, 0.15) is 29.6 Å². The van der Waals surface area contributed by atoms with Crippen LogP contribution in [-0.2, 0) is 0 Å². The molecule has 1 aromatic heterocycles. The summed E-state index contributed by atoms with van der Waals surface area (Å²) in [6.45, 7) is 0.830. The van der Waals surface area contributed by atoms with Gasteiger partial charge in [0.1, 0.15) is 5.82 Å². The molecule has 1 fully saturated rings. The Morgan fingerprint density at radius 1 is 1.47 bits per heavy atom. The number of hydrogen-bond donors (Lipinski definition) is 2. The van der Waals surface area contributed by atoms with Crippen molar-refractivity contribution in [3.05, 3.63) is 23.9 Å². The summed E-state index contributed by atoms with van der Waals surface area (Å²) in [5.74, 6) is 0.734. The van der Waals surface area contributed by atoms with E-state index in [1.54, 1.807) is 12.3 Å². The molecule has 1 saturated carbocycles. The molecule has 1 amide bonds. The Kier molecular flexibility index (Phi) is 4.04. The molecule has 5 heteroatoms. The number of aliphatic hydroxyl groups is 1. The Hall–Kier alpha value is -1.62. The first-order valence-corrected chi connectivity index (χ1v) is 6.59. The summed E-state index contributed by atoms with van der Waals surface area (Å²) in [5, 5.41) is 11.9. The van der Waals surface area contributed by atoms with E-state index in [0.717, 1.165) is 25.1 Å². The fourth-order valence-electron chi connectivity index (χ4n) is 2.08. The van der Waals surface area contributed by atoms with Gasteiger partial charge in [-0.3, -0.25) is 4.79 Å². The van der Waals surface area contributed by atoms with Crippen LogP contribution < -0.4 is 10.2 Å². The summed E-state index contributed by atoms with van der Waals surface area (Å²) in [6.07, 6.45) is 4.54. The fraction of sp³-hybridized carbons (Fsp3) is 0.571. The van der Waals surface area contributed by atoms with Crippen molar-refractivity contribution in [1.29, 1.82) is 0 Å². The monoisotopic (exact) mass is 263 g/mol. The molecule has 0 bridgehead atoms. The summed E-state index contributed by atoms with van der Waals surface area (Å²) in [7, 11) is 3.82. The van der Waals surface area contributed by atoms with Crippen molar-refractivity contribution >= 4 is 11.7 Å². The molecule has 1 aliphatic rings. The number of carbonyl (C=O) groups excluding carboxylic acids is 1. The minimum Gasteiger partial charge on any atom is -0.396 e. The number of carbonyl (C=O) groups is 1. The van der Waals surface area contributed by atoms with E-state index in [1.807, 2.05) is 25.1 Å². The molecule has 2 rings (SSSR count). The topological polar surface area (TPSA) is 65.5 Å². The summed E-state index contributed by atoms with van der Waals surface area (Å²) in [4.78, 5) is 18.1. The van der Waals surface area contributed by atoms with Gasteiger partial charge in [0.25, 0.3) is 5.91 Å². The number of hydrogen-bond acceptors (Lipinski definition) is 4. The van der Waals surface area contributed by atoms with Crippen molar-refractivity contribution in [2.75, 3.05) is 32.1 Å². The van der Waals surface area contributed by atoms with Crippen molar-refractivity contribution in [2.24, 2.45) is 5.41 Å². The van der Waals surface area contributed by atoms with E-state index in [2.05, 4.69) is 10.3 Å². The van der Waals surface area contributed by atoms with Gasteiger partial charge in [-0.2, -0.15) is 0 Å². The van der Waals surface area contributed by atoms with Gasteiger partial charge in [-0.1, -0.05) is 0 Å². The minimum atomic E-state index is -0.0954. The van der Waals surface area contributed by atoms with Gasteiger partial charge in [-0.05, 0) is 36.8 Å². The second-order valence-electron chi connectivity index (χ2n) is 5.46. The lowest BCUT2D eigenvalue weighted by molar-refractivity contribution is 0.0940. The molecule has 0 saturated heterocycles. The second kappa shape index (κ2) is 5.57. The van der Waals surface area contributed by atoms with E-state index in [1.165, 1.54) is 0 Å². The van der Waals surface area contributed by atoms with Gasteiger partial charge in [-0.15, -0.1) is 0 Å². The van der Waals surface area contributed by atoms with Crippen molar-refractivity contribution < 1.29 is 9.90 Å². The maximum Gasteiger partial charge on any atom is 0.252 e. The zero-order valence-corrected chi connectivity index (χ0v) is 11.5.